The maximum absolute atomic E-state index is 12.8. The highest BCUT2D eigenvalue weighted by molar-refractivity contribution is 6.02. The van der Waals surface area contributed by atoms with Crippen molar-refractivity contribution in [3.8, 4) is 5.75 Å². The third-order valence-electron chi connectivity index (χ3n) is 2.48. The molecule has 0 unspecified atom stereocenters. The predicted molar refractivity (Wildman–Crippen MR) is 58.9 cm³/mol. The van der Waals surface area contributed by atoms with Gasteiger partial charge in [0.15, 0.2) is 5.69 Å². The number of alkyl halides is 2. The van der Waals surface area contributed by atoms with E-state index in [0.717, 1.165) is 7.11 Å². The van der Waals surface area contributed by atoms with Gasteiger partial charge in [-0.3, -0.25) is 0 Å². The Balaban J connectivity index is 2.72. The van der Waals surface area contributed by atoms with Crippen LogP contribution in [0.2, 0.25) is 0 Å². The van der Waals surface area contributed by atoms with E-state index in [2.05, 4.69) is 9.84 Å². The molecule has 2 rings (SSSR count). The van der Waals surface area contributed by atoms with E-state index in [1.165, 1.54) is 25.3 Å². The van der Waals surface area contributed by atoms with Crippen LogP contribution in [0.25, 0.3) is 10.9 Å². The molecule has 18 heavy (non-hydrogen) atoms. The van der Waals surface area contributed by atoms with Gasteiger partial charge in [-0.15, -0.1) is 0 Å². The van der Waals surface area contributed by atoms with Crippen LogP contribution < -0.4 is 4.74 Å². The quantitative estimate of drug-likeness (QED) is 0.790. The standard InChI is InChI=1S/C11H10F2N2O3/c1-17-6-3-4-8-7(5-6)9(10(16)18-2)14-15(8)11(12)13/h3-5,11H,1-2H3. The van der Waals surface area contributed by atoms with Gasteiger partial charge < -0.3 is 9.47 Å². The zero-order chi connectivity index (χ0) is 13.3. The molecule has 0 aliphatic heterocycles. The largest absolute Gasteiger partial charge is 0.497 e. The average Bonchev–Trinajstić information content (AvgIpc) is 2.76. The van der Waals surface area contributed by atoms with Gasteiger partial charge in [-0.2, -0.15) is 13.9 Å². The summed E-state index contributed by atoms with van der Waals surface area (Å²) >= 11 is 0. The first-order valence-corrected chi connectivity index (χ1v) is 5.01. The van der Waals surface area contributed by atoms with E-state index in [0.29, 0.717) is 10.4 Å². The number of fused-ring (bicyclic) bond motifs is 1. The topological polar surface area (TPSA) is 53.3 Å². The van der Waals surface area contributed by atoms with Gasteiger partial charge in [0.2, 0.25) is 0 Å². The Labute approximate surface area is 101 Å². The predicted octanol–water partition coefficient (Wildman–Crippen LogP) is 2.23. The van der Waals surface area contributed by atoms with Crippen molar-refractivity contribution in [3.05, 3.63) is 23.9 Å². The number of ether oxygens (including phenoxy) is 2. The number of hydrogen-bond acceptors (Lipinski definition) is 4. The van der Waals surface area contributed by atoms with Crippen molar-refractivity contribution < 1.29 is 23.0 Å². The molecule has 0 N–H and O–H groups in total. The fourth-order valence-electron chi connectivity index (χ4n) is 1.64. The molecule has 0 aliphatic rings. The van der Waals surface area contributed by atoms with E-state index < -0.39 is 12.5 Å². The van der Waals surface area contributed by atoms with Crippen LogP contribution in [-0.2, 0) is 4.74 Å². The molecule has 0 amide bonds. The molecule has 0 spiro atoms. The molecule has 0 saturated heterocycles. The van der Waals surface area contributed by atoms with Gasteiger partial charge in [0.05, 0.1) is 19.7 Å². The number of esters is 1. The highest BCUT2D eigenvalue weighted by atomic mass is 19.3. The van der Waals surface area contributed by atoms with Crippen LogP contribution in [0.4, 0.5) is 8.78 Å². The Hall–Kier alpha value is -2.18. The maximum Gasteiger partial charge on any atom is 0.359 e. The Kier molecular flexibility index (Phi) is 3.14. The van der Waals surface area contributed by atoms with Crippen LogP contribution in [0.15, 0.2) is 18.2 Å². The number of carbonyl (C=O) groups is 1. The molecular weight excluding hydrogens is 246 g/mol. The van der Waals surface area contributed by atoms with E-state index in [1.807, 2.05) is 0 Å². The molecule has 5 nitrogen and oxygen atoms in total. The molecule has 1 aromatic carbocycles. The number of methoxy groups -OCH3 is 2. The average molecular weight is 256 g/mol. The van der Waals surface area contributed by atoms with Gasteiger partial charge in [0, 0.05) is 5.39 Å². The molecule has 0 aliphatic carbocycles. The normalized spacial score (nSPS) is 10.9. The van der Waals surface area contributed by atoms with Gasteiger partial charge >= 0.3 is 12.5 Å². The Morgan fingerprint density at radius 2 is 2.11 bits per heavy atom. The summed E-state index contributed by atoms with van der Waals surface area (Å²) < 4.78 is 35.5. The van der Waals surface area contributed by atoms with E-state index in [4.69, 9.17) is 4.74 Å². The number of carbonyl (C=O) groups excluding carboxylic acids is 1. The van der Waals surface area contributed by atoms with Gasteiger partial charge in [0.1, 0.15) is 5.75 Å². The van der Waals surface area contributed by atoms with Gasteiger partial charge in [-0.1, -0.05) is 0 Å². The van der Waals surface area contributed by atoms with Crippen molar-refractivity contribution in [1.82, 2.24) is 9.78 Å². The van der Waals surface area contributed by atoms with Crippen molar-refractivity contribution in [2.45, 2.75) is 6.55 Å². The minimum atomic E-state index is -2.83. The molecule has 7 heteroatoms. The van der Waals surface area contributed by atoms with Gasteiger partial charge in [0.25, 0.3) is 0 Å². The van der Waals surface area contributed by atoms with Crippen molar-refractivity contribution in [2.75, 3.05) is 14.2 Å². The summed E-state index contributed by atoms with van der Waals surface area (Å²) in [5.41, 5.74) is -0.0158. The maximum atomic E-state index is 12.8. The lowest BCUT2D eigenvalue weighted by molar-refractivity contribution is 0.0545. The highest BCUT2D eigenvalue weighted by Gasteiger charge is 2.21. The van der Waals surface area contributed by atoms with E-state index >= 15 is 0 Å². The number of hydrogen-bond donors (Lipinski definition) is 0. The zero-order valence-corrected chi connectivity index (χ0v) is 9.68. The minimum Gasteiger partial charge on any atom is -0.497 e. The first-order chi connectivity index (χ1) is 8.58. The van der Waals surface area contributed by atoms with Crippen LogP contribution in [-0.4, -0.2) is 30.0 Å². The highest BCUT2D eigenvalue weighted by Crippen LogP contribution is 2.27. The summed E-state index contributed by atoms with van der Waals surface area (Å²) in [5, 5.41) is 3.84. The number of halogens is 2. The molecule has 0 saturated carbocycles. The van der Waals surface area contributed by atoms with Crippen molar-refractivity contribution in [3.63, 3.8) is 0 Å². The summed E-state index contributed by atoms with van der Waals surface area (Å²) in [6.07, 6.45) is 0. The van der Waals surface area contributed by atoms with Crippen LogP contribution >= 0.6 is 0 Å². The second-order valence-electron chi connectivity index (χ2n) is 3.45. The van der Waals surface area contributed by atoms with E-state index in [9.17, 15) is 13.6 Å². The smallest absolute Gasteiger partial charge is 0.359 e. The zero-order valence-electron chi connectivity index (χ0n) is 9.68. The second kappa shape index (κ2) is 4.59. The first kappa shape index (κ1) is 12.3. The van der Waals surface area contributed by atoms with Crippen molar-refractivity contribution >= 4 is 16.9 Å². The fourth-order valence-corrected chi connectivity index (χ4v) is 1.64. The van der Waals surface area contributed by atoms with Gasteiger partial charge in [-0.25, -0.2) is 9.48 Å². The summed E-state index contributed by atoms with van der Waals surface area (Å²) in [7, 11) is 2.60. The molecular formula is C11H10F2N2O3. The van der Waals surface area contributed by atoms with E-state index in [-0.39, 0.29) is 16.6 Å². The minimum absolute atomic E-state index is 0.145. The van der Waals surface area contributed by atoms with Crippen LogP contribution in [0, 0.1) is 0 Å². The van der Waals surface area contributed by atoms with Gasteiger partial charge in [-0.05, 0) is 18.2 Å². The number of benzene rings is 1. The summed E-state index contributed by atoms with van der Waals surface area (Å²) in [5.74, 6) is -0.325. The third kappa shape index (κ3) is 1.87. The molecule has 96 valence electrons. The summed E-state index contributed by atoms with van der Waals surface area (Å²) in [6, 6.07) is 4.40. The molecule has 0 radical (unpaired) electrons. The van der Waals surface area contributed by atoms with Crippen LogP contribution in [0.5, 0.6) is 5.75 Å². The first-order valence-electron chi connectivity index (χ1n) is 5.01. The second-order valence-corrected chi connectivity index (χ2v) is 3.45. The summed E-state index contributed by atoms with van der Waals surface area (Å²) in [4.78, 5) is 11.5. The molecule has 2 aromatic rings. The Morgan fingerprint density at radius 3 is 2.67 bits per heavy atom. The molecule has 0 atom stereocenters. The summed E-state index contributed by atoms with van der Waals surface area (Å²) in [6.45, 7) is -2.83. The Morgan fingerprint density at radius 1 is 1.39 bits per heavy atom. The fraction of sp³-hybridized carbons (Fsp3) is 0.273. The van der Waals surface area contributed by atoms with Crippen LogP contribution in [0.3, 0.4) is 0 Å². The molecule has 1 aromatic heterocycles. The number of nitrogens with zero attached hydrogens (tertiary/aromatic N) is 2. The Bertz CT molecular complexity index is 595. The number of aromatic nitrogens is 2. The SMILES string of the molecule is COC(=O)c1nn(C(F)F)c2ccc(OC)cc12. The number of rotatable bonds is 3. The third-order valence-corrected chi connectivity index (χ3v) is 2.48. The lowest BCUT2D eigenvalue weighted by Gasteiger charge is -2.02. The lowest BCUT2D eigenvalue weighted by Crippen LogP contribution is -2.05. The monoisotopic (exact) mass is 256 g/mol. The molecule has 1 heterocycles. The van der Waals surface area contributed by atoms with Crippen molar-refractivity contribution in [2.24, 2.45) is 0 Å². The lowest BCUT2D eigenvalue weighted by atomic mass is 10.2. The molecule has 0 bridgehead atoms. The molecule has 0 fully saturated rings. The van der Waals surface area contributed by atoms with E-state index in [1.54, 1.807) is 0 Å². The van der Waals surface area contributed by atoms with Crippen molar-refractivity contribution in [1.29, 1.82) is 0 Å². The van der Waals surface area contributed by atoms with Crippen LogP contribution in [0.1, 0.15) is 17.0 Å².